The van der Waals surface area contributed by atoms with Crippen LogP contribution in [0.3, 0.4) is 0 Å². The first kappa shape index (κ1) is 27.6. The minimum Gasteiger partial charge on any atom is -0.497 e. The Morgan fingerprint density at radius 3 is 2.53 bits per heavy atom. The SMILES string of the molecule is CCCCc1cc(NC(=O)Nc2ccc(Oc3ccnc4[nH]c(=O)n(C)c34)c3ccccc23)n(-c2ccc(OC)cc2)n1. The highest BCUT2D eigenvalue weighted by molar-refractivity contribution is 6.07. The Morgan fingerprint density at radius 2 is 1.77 bits per heavy atom. The number of fused-ring (bicyclic) bond motifs is 2. The molecular weight excluding hydrogens is 546 g/mol. The average molecular weight is 578 g/mol. The summed E-state index contributed by atoms with van der Waals surface area (Å²) in [4.78, 5) is 32.5. The number of amides is 2. The van der Waals surface area contributed by atoms with E-state index in [9.17, 15) is 9.59 Å². The van der Waals surface area contributed by atoms with Crippen LogP contribution in [-0.2, 0) is 13.5 Å². The molecule has 0 fully saturated rings. The lowest BCUT2D eigenvalue weighted by atomic mass is 10.1. The van der Waals surface area contributed by atoms with Gasteiger partial charge in [0.25, 0.3) is 0 Å². The van der Waals surface area contributed by atoms with Crippen LogP contribution in [0.2, 0.25) is 0 Å². The Balaban J connectivity index is 1.28. The van der Waals surface area contributed by atoms with E-state index < -0.39 is 6.03 Å². The maximum Gasteiger partial charge on any atom is 0.327 e. The Bertz CT molecular complexity index is 1990. The summed E-state index contributed by atoms with van der Waals surface area (Å²) >= 11 is 0. The molecule has 0 radical (unpaired) electrons. The average Bonchev–Trinajstić information content (AvgIpc) is 3.56. The maximum absolute atomic E-state index is 13.3. The topological polar surface area (TPSA) is 128 Å². The molecule has 3 aromatic carbocycles. The lowest BCUT2D eigenvalue weighted by Crippen LogP contribution is -2.21. The molecule has 0 spiro atoms. The molecular formula is C32H31N7O4. The second-order valence-electron chi connectivity index (χ2n) is 10.1. The van der Waals surface area contributed by atoms with Gasteiger partial charge in [-0.25, -0.2) is 19.3 Å². The van der Waals surface area contributed by atoms with Crippen molar-refractivity contribution in [1.82, 2.24) is 24.3 Å². The molecule has 43 heavy (non-hydrogen) atoms. The van der Waals surface area contributed by atoms with Crippen molar-refractivity contribution in [2.45, 2.75) is 26.2 Å². The van der Waals surface area contributed by atoms with E-state index in [0.29, 0.717) is 34.2 Å². The highest BCUT2D eigenvalue weighted by atomic mass is 16.5. The highest BCUT2D eigenvalue weighted by Crippen LogP contribution is 2.36. The molecule has 11 nitrogen and oxygen atoms in total. The van der Waals surface area contributed by atoms with Crippen LogP contribution in [0.15, 0.2) is 83.8 Å². The van der Waals surface area contributed by atoms with Crippen LogP contribution in [0.1, 0.15) is 25.5 Å². The number of rotatable bonds is 9. The van der Waals surface area contributed by atoms with E-state index in [-0.39, 0.29) is 5.69 Å². The van der Waals surface area contributed by atoms with Crippen molar-refractivity contribution < 1.29 is 14.3 Å². The molecule has 6 rings (SSSR count). The van der Waals surface area contributed by atoms with Gasteiger partial charge in [-0.2, -0.15) is 5.10 Å². The largest absolute Gasteiger partial charge is 0.497 e. The Morgan fingerprint density at radius 1 is 0.977 bits per heavy atom. The summed E-state index contributed by atoms with van der Waals surface area (Å²) in [6.45, 7) is 2.13. The van der Waals surface area contributed by atoms with Crippen molar-refractivity contribution in [3.63, 3.8) is 0 Å². The Hall–Kier alpha value is -5.58. The number of carbonyl (C=O) groups excluding carboxylic acids is 1. The van der Waals surface area contributed by atoms with Crippen LogP contribution in [0.5, 0.6) is 17.2 Å². The minimum absolute atomic E-state index is 0.278. The third-order valence-corrected chi connectivity index (χ3v) is 7.21. The van der Waals surface area contributed by atoms with Crippen LogP contribution < -0.4 is 25.8 Å². The number of carbonyl (C=O) groups is 1. The molecule has 2 amide bonds. The molecule has 0 aliphatic rings. The fourth-order valence-electron chi connectivity index (χ4n) is 5.00. The third kappa shape index (κ3) is 5.52. The van der Waals surface area contributed by atoms with Crippen LogP contribution >= 0.6 is 0 Å². The van der Waals surface area contributed by atoms with Gasteiger partial charge in [0.05, 0.1) is 24.2 Å². The van der Waals surface area contributed by atoms with Gasteiger partial charge in [-0.1, -0.05) is 37.6 Å². The van der Waals surface area contributed by atoms with Crippen molar-refractivity contribution in [3.8, 4) is 22.9 Å². The summed E-state index contributed by atoms with van der Waals surface area (Å²) < 4.78 is 14.8. The van der Waals surface area contributed by atoms with Gasteiger partial charge in [0.2, 0.25) is 0 Å². The quantitative estimate of drug-likeness (QED) is 0.183. The molecule has 6 aromatic rings. The highest BCUT2D eigenvalue weighted by Gasteiger charge is 2.17. The zero-order valence-electron chi connectivity index (χ0n) is 24.0. The number of benzene rings is 3. The zero-order valence-corrected chi connectivity index (χ0v) is 24.0. The van der Waals surface area contributed by atoms with Gasteiger partial charge in [0, 0.05) is 36.1 Å². The number of nitrogens with zero attached hydrogens (tertiary/aromatic N) is 4. The number of unbranched alkanes of at least 4 members (excludes halogenated alkanes) is 1. The summed E-state index contributed by atoms with van der Waals surface area (Å²) in [7, 11) is 3.28. The number of aromatic amines is 1. The van der Waals surface area contributed by atoms with Crippen LogP contribution in [0.25, 0.3) is 27.6 Å². The number of hydrogen-bond donors (Lipinski definition) is 3. The van der Waals surface area contributed by atoms with Gasteiger partial charge in [-0.15, -0.1) is 0 Å². The second kappa shape index (κ2) is 11.7. The van der Waals surface area contributed by atoms with E-state index in [1.54, 1.807) is 43.2 Å². The number of hydrogen-bond acceptors (Lipinski definition) is 6. The zero-order chi connectivity index (χ0) is 29.9. The molecule has 0 aliphatic carbocycles. The molecule has 0 aliphatic heterocycles. The molecule has 0 saturated carbocycles. The number of urea groups is 1. The monoisotopic (exact) mass is 577 g/mol. The number of imidazole rings is 1. The van der Waals surface area contributed by atoms with Crippen LogP contribution in [0, 0.1) is 0 Å². The summed E-state index contributed by atoms with van der Waals surface area (Å²) in [5.74, 6) is 2.34. The van der Waals surface area contributed by atoms with Crippen LogP contribution in [0.4, 0.5) is 16.3 Å². The van der Waals surface area contributed by atoms with Gasteiger partial charge < -0.3 is 14.8 Å². The smallest absolute Gasteiger partial charge is 0.327 e. The molecule has 3 heterocycles. The summed E-state index contributed by atoms with van der Waals surface area (Å²) in [6.07, 6.45) is 4.43. The van der Waals surface area contributed by atoms with Crippen molar-refractivity contribution in [2.75, 3.05) is 17.7 Å². The summed E-state index contributed by atoms with van der Waals surface area (Å²) in [6, 6.07) is 21.9. The number of nitrogens with one attached hydrogen (secondary N) is 3. The summed E-state index contributed by atoms with van der Waals surface area (Å²) in [5.41, 5.74) is 3.03. The van der Waals surface area contributed by atoms with E-state index in [4.69, 9.17) is 14.6 Å². The van der Waals surface area contributed by atoms with E-state index in [1.165, 1.54) is 4.57 Å². The molecule has 0 saturated heterocycles. The lowest BCUT2D eigenvalue weighted by Gasteiger charge is -2.15. The van der Waals surface area contributed by atoms with Crippen molar-refractivity contribution in [3.05, 3.63) is 95.2 Å². The number of ether oxygens (including phenoxy) is 2. The van der Waals surface area contributed by atoms with Gasteiger partial charge in [-0.05, 0) is 49.2 Å². The van der Waals surface area contributed by atoms with Crippen molar-refractivity contribution >= 4 is 39.5 Å². The molecule has 218 valence electrons. The normalized spacial score (nSPS) is 11.1. The predicted octanol–water partition coefficient (Wildman–Crippen LogP) is 6.39. The number of aromatic nitrogens is 5. The maximum atomic E-state index is 13.3. The predicted molar refractivity (Wildman–Crippen MR) is 167 cm³/mol. The van der Waals surface area contributed by atoms with E-state index in [2.05, 4.69) is 27.5 Å². The number of anilines is 2. The number of H-pyrrole nitrogens is 1. The fourth-order valence-corrected chi connectivity index (χ4v) is 5.00. The summed E-state index contributed by atoms with van der Waals surface area (Å²) in [5, 5.41) is 12.3. The standard InChI is InChI=1S/C32H31N7O4/c1-4-5-8-20-19-28(39(37-20)21-11-13-22(42-3)14-12-21)35-31(40)34-25-15-16-26(24-10-7-6-9-23(24)25)43-27-17-18-33-30-29(27)38(2)32(41)36-30/h6-7,9-19H,4-5,8H2,1-3H3,(H,33,36,41)(H2,34,35,40). The third-order valence-electron chi connectivity index (χ3n) is 7.21. The minimum atomic E-state index is -0.409. The van der Waals surface area contributed by atoms with E-state index >= 15 is 0 Å². The van der Waals surface area contributed by atoms with Gasteiger partial charge in [0.1, 0.15) is 22.8 Å². The molecule has 3 aromatic heterocycles. The van der Waals surface area contributed by atoms with E-state index in [1.807, 2.05) is 54.6 Å². The molecule has 0 unspecified atom stereocenters. The molecule has 0 bridgehead atoms. The van der Waals surface area contributed by atoms with E-state index in [0.717, 1.165) is 47.2 Å². The molecule has 11 heteroatoms. The number of methoxy groups -OCH3 is 1. The number of pyridine rings is 1. The first-order valence-corrected chi connectivity index (χ1v) is 14.0. The molecule has 3 N–H and O–H groups in total. The number of aryl methyl sites for hydroxylation is 2. The Kier molecular flexibility index (Phi) is 7.52. The van der Waals surface area contributed by atoms with Crippen molar-refractivity contribution in [1.29, 1.82) is 0 Å². The van der Waals surface area contributed by atoms with Gasteiger partial charge in [0.15, 0.2) is 11.4 Å². The Labute approximate surface area is 247 Å². The van der Waals surface area contributed by atoms with Gasteiger partial charge in [-0.3, -0.25) is 14.9 Å². The second-order valence-corrected chi connectivity index (χ2v) is 10.1. The van der Waals surface area contributed by atoms with Gasteiger partial charge >= 0.3 is 11.7 Å². The molecule has 0 atom stereocenters. The fraction of sp³-hybridized carbons (Fsp3) is 0.188. The lowest BCUT2D eigenvalue weighted by molar-refractivity contribution is 0.262. The van der Waals surface area contributed by atoms with Crippen LogP contribution in [-0.4, -0.2) is 37.5 Å². The van der Waals surface area contributed by atoms with Crippen molar-refractivity contribution in [2.24, 2.45) is 7.05 Å². The first-order chi connectivity index (χ1) is 20.9. The first-order valence-electron chi connectivity index (χ1n) is 14.0.